The van der Waals surface area contributed by atoms with Crippen molar-refractivity contribution >= 4 is 15.9 Å². The van der Waals surface area contributed by atoms with Gasteiger partial charge in [0, 0.05) is 18.6 Å². The molecule has 0 aromatic heterocycles. The Labute approximate surface area is 104 Å². The molecule has 2 nitrogen and oxygen atoms in total. The zero-order valence-electron chi connectivity index (χ0n) is 9.32. The van der Waals surface area contributed by atoms with Crippen LogP contribution in [-0.2, 0) is 6.54 Å². The maximum atomic E-state index is 13.0. The maximum Gasteiger partial charge on any atom is 0.137 e. The van der Waals surface area contributed by atoms with Crippen molar-refractivity contribution in [3.8, 4) is 0 Å². The zero-order valence-corrected chi connectivity index (χ0v) is 10.9. The highest BCUT2D eigenvalue weighted by Crippen LogP contribution is 2.18. The highest BCUT2D eigenvalue weighted by molar-refractivity contribution is 9.10. The first-order valence-corrected chi connectivity index (χ1v) is 6.28. The predicted octanol–water partition coefficient (Wildman–Crippen LogP) is 2.43. The quantitative estimate of drug-likeness (QED) is 0.892. The third-order valence-corrected chi connectivity index (χ3v) is 3.68. The van der Waals surface area contributed by atoms with Gasteiger partial charge in [0.15, 0.2) is 0 Å². The van der Waals surface area contributed by atoms with Gasteiger partial charge in [0.2, 0.25) is 0 Å². The van der Waals surface area contributed by atoms with Crippen molar-refractivity contribution in [2.45, 2.75) is 25.4 Å². The normalized spacial score (nSPS) is 24.9. The average Bonchev–Trinajstić information content (AvgIpc) is 2.68. The fourth-order valence-electron chi connectivity index (χ4n) is 1.93. The van der Waals surface area contributed by atoms with E-state index in [1.165, 1.54) is 6.07 Å². The Balaban J connectivity index is 1.96. The molecule has 0 bridgehead atoms. The standard InChI is InChI=1S/C12H16BrFN2/c1-12(4-5-15-8-12)16-7-9-2-3-11(14)10(13)6-9/h2-3,6,15-16H,4-5,7-8H2,1H3. The number of halogens is 2. The molecular weight excluding hydrogens is 271 g/mol. The molecule has 1 unspecified atom stereocenters. The molecule has 0 amide bonds. The summed E-state index contributed by atoms with van der Waals surface area (Å²) < 4.78 is 13.6. The summed E-state index contributed by atoms with van der Waals surface area (Å²) in [5, 5.41) is 6.85. The second-order valence-corrected chi connectivity index (χ2v) is 5.44. The van der Waals surface area contributed by atoms with E-state index in [1.54, 1.807) is 0 Å². The molecule has 1 atom stereocenters. The molecule has 1 aliphatic heterocycles. The molecule has 0 radical (unpaired) electrons. The molecule has 1 fully saturated rings. The van der Waals surface area contributed by atoms with Crippen molar-refractivity contribution < 1.29 is 4.39 Å². The Morgan fingerprint density at radius 1 is 1.56 bits per heavy atom. The fourth-order valence-corrected chi connectivity index (χ4v) is 2.36. The van der Waals surface area contributed by atoms with E-state index in [9.17, 15) is 4.39 Å². The molecule has 0 spiro atoms. The summed E-state index contributed by atoms with van der Waals surface area (Å²) in [7, 11) is 0. The lowest BCUT2D eigenvalue weighted by atomic mass is 10.0. The largest absolute Gasteiger partial charge is 0.315 e. The molecule has 0 aliphatic carbocycles. The van der Waals surface area contributed by atoms with E-state index < -0.39 is 0 Å². The molecule has 2 N–H and O–H groups in total. The van der Waals surface area contributed by atoms with Crippen LogP contribution in [0, 0.1) is 5.82 Å². The molecule has 1 aliphatic rings. The second kappa shape index (κ2) is 4.82. The Morgan fingerprint density at radius 2 is 2.38 bits per heavy atom. The van der Waals surface area contributed by atoms with E-state index in [1.807, 2.05) is 12.1 Å². The lowest BCUT2D eigenvalue weighted by molar-refractivity contribution is 0.385. The molecule has 1 aromatic carbocycles. The maximum absolute atomic E-state index is 13.0. The number of hydrogen-bond acceptors (Lipinski definition) is 2. The second-order valence-electron chi connectivity index (χ2n) is 4.59. The number of hydrogen-bond donors (Lipinski definition) is 2. The van der Waals surface area contributed by atoms with Crippen molar-refractivity contribution in [3.63, 3.8) is 0 Å². The Kier molecular flexibility index (Phi) is 3.62. The van der Waals surface area contributed by atoms with Gasteiger partial charge in [-0.15, -0.1) is 0 Å². The van der Waals surface area contributed by atoms with Crippen molar-refractivity contribution in [1.29, 1.82) is 0 Å². The first-order valence-electron chi connectivity index (χ1n) is 5.49. The van der Waals surface area contributed by atoms with Gasteiger partial charge in [-0.2, -0.15) is 0 Å². The molecule has 1 aromatic rings. The first-order chi connectivity index (χ1) is 7.59. The van der Waals surface area contributed by atoms with E-state index >= 15 is 0 Å². The van der Waals surface area contributed by atoms with Crippen LogP contribution in [0.2, 0.25) is 0 Å². The van der Waals surface area contributed by atoms with Gasteiger partial charge in [-0.3, -0.25) is 0 Å². The summed E-state index contributed by atoms with van der Waals surface area (Å²) in [5.74, 6) is -0.211. The molecule has 1 heterocycles. The van der Waals surface area contributed by atoms with Crippen LogP contribution >= 0.6 is 15.9 Å². The smallest absolute Gasteiger partial charge is 0.137 e. The van der Waals surface area contributed by atoms with Gasteiger partial charge < -0.3 is 10.6 Å². The van der Waals surface area contributed by atoms with Gasteiger partial charge in [-0.25, -0.2) is 4.39 Å². The summed E-state index contributed by atoms with van der Waals surface area (Å²) in [6, 6.07) is 5.14. The van der Waals surface area contributed by atoms with Crippen molar-refractivity contribution in [3.05, 3.63) is 34.1 Å². The van der Waals surface area contributed by atoms with Crippen LogP contribution in [0.1, 0.15) is 18.9 Å². The summed E-state index contributed by atoms with van der Waals surface area (Å²) in [6.07, 6.45) is 1.13. The SMILES string of the molecule is CC1(NCc2ccc(F)c(Br)c2)CCNC1. The number of nitrogens with one attached hydrogen (secondary N) is 2. The van der Waals surface area contributed by atoms with Gasteiger partial charge in [-0.1, -0.05) is 6.07 Å². The Morgan fingerprint density at radius 3 is 3.00 bits per heavy atom. The van der Waals surface area contributed by atoms with Crippen molar-refractivity contribution in [2.24, 2.45) is 0 Å². The van der Waals surface area contributed by atoms with Crippen LogP contribution in [0.25, 0.3) is 0 Å². The topological polar surface area (TPSA) is 24.1 Å². The molecule has 88 valence electrons. The Bertz CT molecular complexity index is 375. The number of rotatable bonds is 3. The molecule has 1 saturated heterocycles. The summed E-state index contributed by atoms with van der Waals surface area (Å²) in [6.45, 7) is 5.05. The van der Waals surface area contributed by atoms with Crippen LogP contribution in [0.5, 0.6) is 0 Å². The summed E-state index contributed by atoms with van der Waals surface area (Å²) in [5.41, 5.74) is 1.27. The minimum Gasteiger partial charge on any atom is -0.315 e. The van der Waals surface area contributed by atoms with Crippen LogP contribution in [0.4, 0.5) is 4.39 Å². The third-order valence-electron chi connectivity index (χ3n) is 3.07. The highest BCUT2D eigenvalue weighted by atomic mass is 79.9. The predicted molar refractivity (Wildman–Crippen MR) is 66.8 cm³/mol. The van der Waals surface area contributed by atoms with Gasteiger partial charge in [-0.05, 0) is 53.5 Å². The third kappa shape index (κ3) is 2.81. The zero-order chi connectivity index (χ0) is 11.6. The highest BCUT2D eigenvalue weighted by Gasteiger charge is 2.27. The van der Waals surface area contributed by atoms with E-state index in [-0.39, 0.29) is 11.4 Å². The van der Waals surface area contributed by atoms with Crippen LogP contribution < -0.4 is 10.6 Å². The van der Waals surface area contributed by atoms with Gasteiger partial charge in [0.05, 0.1) is 4.47 Å². The first kappa shape index (κ1) is 12.0. The summed E-state index contributed by atoms with van der Waals surface area (Å²) in [4.78, 5) is 0. The van der Waals surface area contributed by atoms with Crippen LogP contribution in [-0.4, -0.2) is 18.6 Å². The van der Waals surface area contributed by atoms with E-state index in [0.29, 0.717) is 4.47 Å². The van der Waals surface area contributed by atoms with E-state index in [0.717, 1.165) is 31.6 Å². The molecule has 16 heavy (non-hydrogen) atoms. The van der Waals surface area contributed by atoms with E-state index in [2.05, 4.69) is 33.5 Å². The molecule has 0 saturated carbocycles. The lowest BCUT2D eigenvalue weighted by Gasteiger charge is -2.24. The molecule has 4 heteroatoms. The van der Waals surface area contributed by atoms with Gasteiger partial charge in [0.25, 0.3) is 0 Å². The molecular formula is C12H16BrFN2. The summed E-state index contributed by atoms with van der Waals surface area (Å²) >= 11 is 3.20. The lowest BCUT2D eigenvalue weighted by Crippen LogP contribution is -2.43. The minimum absolute atomic E-state index is 0.168. The Hall–Kier alpha value is -0.450. The fraction of sp³-hybridized carbons (Fsp3) is 0.500. The number of benzene rings is 1. The van der Waals surface area contributed by atoms with Crippen molar-refractivity contribution in [2.75, 3.05) is 13.1 Å². The van der Waals surface area contributed by atoms with Crippen LogP contribution in [0.15, 0.2) is 22.7 Å². The van der Waals surface area contributed by atoms with Crippen molar-refractivity contribution in [1.82, 2.24) is 10.6 Å². The van der Waals surface area contributed by atoms with Crippen LogP contribution in [0.3, 0.4) is 0 Å². The monoisotopic (exact) mass is 286 g/mol. The van der Waals surface area contributed by atoms with Gasteiger partial charge >= 0.3 is 0 Å². The molecule has 2 rings (SSSR count). The van der Waals surface area contributed by atoms with E-state index in [4.69, 9.17) is 0 Å². The van der Waals surface area contributed by atoms with Gasteiger partial charge in [0.1, 0.15) is 5.82 Å². The average molecular weight is 287 g/mol. The minimum atomic E-state index is -0.211.